The fourth-order valence-corrected chi connectivity index (χ4v) is 3.50. The van der Waals surface area contributed by atoms with E-state index in [1.54, 1.807) is 19.1 Å². The fourth-order valence-electron chi connectivity index (χ4n) is 3.50. The molecule has 3 rings (SSSR count). The average molecular weight is 381 g/mol. The first kappa shape index (κ1) is 19.3. The van der Waals surface area contributed by atoms with Crippen molar-refractivity contribution in [3.8, 4) is 11.5 Å². The minimum atomic E-state index is -1.46. The average Bonchev–Trinajstić information content (AvgIpc) is 2.60. The van der Waals surface area contributed by atoms with Crippen molar-refractivity contribution in [2.75, 3.05) is 0 Å². The lowest BCUT2D eigenvalue weighted by Crippen LogP contribution is -2.26. The summed E-state index contributed by atoms with van der Waals surface area (Å²) in [7, 11) is 0. The van der Waals surface area contributed by atoms with E-state index in [0.29, 0.717) is 11.1 Å². The number of hydrogen-bond acceptors (Lipinski definition) is 7. The van der Waals surface area contributed by atoms with E-state index in [0.717, 1.165) is 0 Å². The van der Waals surface area contributed by atoms with Gasteiger partial charge >= 0.3 is 0 Å². The minimum absolute atomic E-state index is 0.0124. The van der Waals surface area contributed by atoms with Gasteiger partial charge in [0, 0.05) is 18.8 Å². The first-order chi connectivity index (χ1) is 13.2. The molecule has 2 aromatic carbocycles. The van der Waals surface area contributed by atoms with Gasteiger partial charge in [-0.25, -0.2) is 0 Å². The number of aliphatic carboxylic acids is 1. The number of phenolic OH excluding ortho intramolecular Hbond substituents is 2. The van der Waals surface area contributed by atoms with Gasteiger partial charge < -0.3 is 20.1 Å². The maximum absolute atomic E-state index is 12.9. The van der Waals surface area contributed by atoms with Gasteiger partial charge in [-0.2, -0.15) is 0 Å². The van der Waals surface area contributed by atoms with E-state index >= 15 is 0 Å². The highest BCUT2D eigenvalue weighted by molar-refractivity contribution is 6.18. The highest BCUT2D eigenvalue weighted by atomic mass is 16.4. The zero-order valence-electron chi connectivity index (χ0n) is 15.1. The third kappa shape index (κ3) is 3.26. The van der Waals surface area contributed by atoms with Crippen LogP contribution in [0.4, 0.5) is 0 Å². The van der Waals surface area contributed by atoms with Crippen LogP contribution in [0, 0.1) is 0 Å². The summed E-state index contributed by atoms with van der Waals surface area (Å²) in [4.78, 5) is 48.3. The van der Waals surface area contributed by atoms with Gasteiger partial charge in [0.2, 0.25) is 5.78 Å². The Morgan fingerprint density at radius 3 is 2.46 bits per heavy atom. The molecule has 28 heavy (non-hydrogen) atoms. The highest BCUT2D eigenvalue weighted by Crippen LogP contribution is 2.40. The molecule has 0 saturated heterocycles. The Balaban J connectivity index is 2.21. The summed E-state index contributed by atoms with van der Waals surface area (Å²) in [6, 6.07) is 5.93. The standard InChI is InChI=1S/C21H18O7/c1-2-13(22)9-15(24)18-12(8-16(25)26)7-11-6-10-4-3-5-14(23)17(10)20(27)19(11)21(18)28/h3-5,7,23,28H,2,6,8-9H2,1H3,(H,25,26)/p-1. The van der Waals surface area contributed by atoms with Crippen LogP contribution in [0.1, 0.15) is 62.7 Å². The smallest absolute Gasteiger partial charge is 0.201 e. The van der Waals surface area contributed by atoms with Crippen molar-refractivity contribution in [2.24, 2.45) is 0 Å². The van der Waals surface area contributed by atoms with Crippen LogP contribution in [0.15, 0.2) is 24.3 Å². The number of benzene rings is 2. The summed E-state index contributed by atoms with van der Waals surface area (Å²) >= 11 is 0. The van der Waals surface area contributed by atoms with Crippen molar-refractivity contribution < 1.29 is 34.5 Å². The number of Topliss-reactive ketones (excluding diaryl/α,β-unsaturated/α-hetero) is 2. The van der Waals surface area contributed by atoms with E-state index in [1.807, 2.05) is 0 Å². The first-order valence-electron chi connectivity index (χ1n) is 8.72. The van der Waals surface area contributed by atoms with Crippen LogP contribution in [-0.4, -0.2) is 33.5 Å². The largest absolute Gasteiger partial charge is 0.550 e. The van der Waals surface area contributed by atoms with Gasteiger partial charge in [-0.05, 0) is 29.2 Å². The topological polar surface area (TPSA) is 132 Å². The summed E-state index contributed by atoms with van der Waals surface area (Å²) in [6.07, 6.45) is -0.892. The molecule has 1 aliphatic carbocycles. The lowest BCUT2D eigenvalue weighted by molar-refractivity contribution is -0.304. The number of rotatable bonds is 6. The molecule has 1 aliphatic rings. The van der Waals surface area contributed by atoms with Gasteiger partial charge in [0.25, 0.3) is 0 Å². The Morgan fingerprint density at radius 2 is 1.82 bits per heavy atom. The van der Waals surface area contributed by atoms with E-state index < -0.39 is 36.1 Å². The van der Waals surface area contributed by atoms with Crippen molar-refractivity contribution in [1.82, 2.24) is 0 Å². The lowest BCUT2D eigenvalue weighted by Gasteiger charge is -2.23. The molecule has 0 fully saturated rings. The molecule has 0 heterocycles. The van der Waals surface area contributed by atoms with Crippen LogP contribution < -0.4 is 5.11 Å². The molecule has 0 unspecified atom stereocenters. The number of aromatic hydroxyl groups is 2. The second-order valence-electron chi connectivity index (χ2n) is 6.65. The fraction of sp³-hybridized carbons (Fsp3) is 0.238. The van der Waals surface area contributed by atoms with Gasteiger partial charge in [-0.1, -0.05) is 25.1 Å². The molecule has 2 N–H and O–H groups in total. The van der Waals surface area contributed by atoms with Crippen molar-refractivity contribution >= 4 is 23.3 Å². The number of carboxylic acids is 1. The summed E-state index contributed by atoms with van der Waals surface area (Å²) < 4.78 is 0. The number of hydrogen-bond donors (Lipinski definition) is 2. The summed E-state index contributed by atoms with van der Waals surface area (Å²) in [5, 5.41) is 31.9. The SMILES string of the molecule is CCC(=O)CC(=O)c1c(CC(=O)[O-])cc2c(c1O)C(=O)c1c(O)cccc1C2. The molecule has 0 atom stereocenters. The Bertz CT molecular complexity index is 1030. The molecule has 0 amide bonds. The number of ketones is 3. The molecule has 0 aromatic heterocycles. The predicted octanol–water partition coefficient (Wildman–Crippen LogP) is 1.08. The second-order valence-corrected chi connectivity index (χ2v) is 6.65. The van der Waals surface area contributed by atoms with E-state index in [-0.39, 0.29) is 46.6 Å². The maximum Gasteiger partial charge on any atom is 0.201 e. The molecule has 0 radical (unpaired) electrons. The number of carbonyl (C=O) groups excluding carboxylic acids is 4. The lowest BCUT2D eigenvalue weighted by atomic mass is 9.80. The van der Waals surface area contributed by atoms with Crippen molar-refractivity contribution in [2.45, 2.75) is 32.6 Å². The molecule has 7 nitrogen and oxygen atoms in total. The Labute approximate surface area is 160 Å². The van der Waals surface area contributed by atoms with E-state index in [9.17, 15) is 34.5 Å². The number of phenols is 2. The van der Waals surface area contributed by atoms with Gasteiger partial charge in [0.15, 0.2) is 5.78 Å². The molecular formula is C21H17O7-. The molecule has 144 valence electrons. The third-order valence-corrected chi connectivity index (χ3v) is 4.79. The van der Waals surface area contributed by atoms with Gasteiger partial charge in [0.05, 0.1) is 23.1 Å². The monoisotopic (exact) mass is 381 g/mol. The van der Waals surface area contributed by atoms with Gasteiger partial charge in [-0.3, -0.25) is 14.4 Å². The molecular weight excluding hydrogens is 364 g/mol. The summed E-state index contributed by atoms with van der Waals surface area (Å²) in [5.74, 6) is -4.19. The zero-order chi connectivity index (χ0) is 20.6. The number of carboxylic acid groups (broad SMARTS) is 1. The third-order valence-electron chi connectivity index (χ3n) is 4.79. The normalized spacial score (nSPS) is 12.2. The van der Waals surface area contributed by atoms with Crippen molar-refractivity contribution in [1.29, 1.82) is 0 Å². The Hall–Kier alpha value is -3.48. The quantitative estimate of drug-likeness (QED) is 0.482. The minimum Gasteiger partial charge on any atom is -0.550 e. The van der Waals surface area contributed by atoms with Crippen molar-refractivity contribution in [3.05, 3.63) is 57.6 Å². The zero-order valence-corrected chi connectivity index (χ0v) is 15.1. The predicted molar refractivity (Wildman–Crippen MR) is 95.4 cm³/mol. The second kappa shape index (κ2) is 7.26. The molecule has 0 spiro atoms. The highest BCUT2D eigenvalue weighted by Gasteiger charge is 2.33. The van der Waals surface area contributed by atoms with Gasteiger partial charge in [-0.15, -0.1) is 0 Å². The Kier molecular flexibility index (Phi) is 5.00. The van der Waals surface area contributed by atoms with Crippen LogP contribution in [0.25, 0.3) is 0 Å². The molecule has 7 heteroatoms. The van der Waals surface area contributed by atoms with E-state index in [1.165, 1.54) is 12.1 Å². The van der Waals surface area contributed by atoms with Crippen LogP contribution in [0.2, 0.25) is 0 Å². The molecule has 0 aliphatic heterocycles. The van der Waals surface area contributed by atoms with Crippen LogP contribution in [0.3, 0.4) is 0 Å². The first-order valence-corrected chi connectivity index (χ1v) is 8.72. The Morgan fingerprint density at radius 1 is 1.11 bits per heavy atom. The van der Waals surface area contributed by atoms with Gasteiger partial charge in [0.1, 0.15) is 17.3 Å². The molecule has 0 saturated carbocycles. The summed E-state index contributed by atoms with van der Waals surface area (Å²) in [6.45, 7) is 1.58. The molecule has 2 aromatic rings. The number of carbonyl (C=O) groups is 4. The van der Waals surface area contributed by atoms with E-state index in [4.69, 9.17) is 0 Å². The van der Waals surface area contributed by atoms with Crippen molar-refractivity contribution in [3.63, 3.8) is 0 Å². The van der Waals surface area contributed by atoms with Crippen LogP contribution in [-0.2, 0) is 22.4 Å². The van der Waals surface area contributed by atoms with Crippen LogP contribution in [0.5, 0.6) is 11.5 Å². The maximum atomic E-state index is 12.9. The molecule has 0 bridgehead atoms. The number of fused-ring (bicyclic) bond motifs is 2. The summed E-state index contributed by atoms with van der Waals surface area (Å²) in [5.41, 5.74) is 0.356. The van der Waals surface area contributed by atoms with E-state index in [2.05, 4.69) is 0 Å². The van der Waals surface area contributed by atoms with Crippen LogP contribution >= 0.6 is 0 Å².